The van der Waals surface area contributed by atoms with Crippen LogP contribution in [0.4, 0.5) is 0 Å². The average molecular weight is 370 g/mol. The van der Waals surface area contributed by atoms with Gasteiger partial charge in [0, 0.05) is 22.2 Å². The van der Waals surface area contributed by atoms with Crippen molar-refractivity contribution in [3.63, 3.8) is 0 Å². The molecule has 0 N–H and O–H groups in total. The second-order valence-electron chi connectivity index (χ2n) is 4.29. The first-order valence-corrected chi connectivity index (χ1v) is 7.51. The Bertz CT molecular complexity index is 643. The fraction of sp³-hybridized carbons (Fsp3) is 0.188. The molecular weight excluding hydrogens is 356 g/mol. The van der Waals surface area contributed by atoms with Crippen LogP contribution in [0.5, 0.6) is 5.75 Å². The van der Waals surface area contributed by atoms with E-state index in [0.29, 0.717) is 39.6 Å². The maximum Gasteiger partial charge on any atom is 0.197 e. The van der Waals surface area contributed by atoms with E-state index in [2.05, 4.69) is 15.9 Å². The lowest BCUT2D eigenvalue weighted by molar-refractivity contribution is 0.103. The average Bonchev–Trinajstić information content (AvgIpc) is 2.50. The molecule has 0 fully saturated rings. The molecule has 2 aromatic carbocycles. The summed E-state index contributed by atoms with van der Waals surface area (Å²) in [6, 6.07) is 12.2. The zero-order chi connectivity index (χ0) is 15.2. The monoisotopic (exact) mass is 368 g/mol. The number of benzene rings is 2. The van der Waals surface area contributed by atoms with Crippen molar-refractivity contribution in [3.05, 3.63) is 63.1 Å². The second-order valence-corrected chi connectivity index (χ2v) is 5.58. The van der Waals surface area contributed by atoms with Crippen LogP contribution in [0, 0.1) is 0 Å². The van der Waals surface area contributed by atoms with Crippen LogP contribution in [0.1, 0.15) is 15.9 Å². The molecule has 21 heavy (non-hydrogen) atoms. The highest BCUT2D eigenvalue weighted by Crippen LogP contribution is 2.27. The van der Waals surface area contributed by atoms with E-state index in [4.69, 9.17) is 21.1 Å². The molecule has 110 valence electrons. The standard InChI is InChI=1S/C16H14BrClO3/c1-20-8-9-21-15-5-3-2-4-12(15)16(19)13-10-11(18)6-7-14(13)17/h2-7,10H,8-9H2,1H3. The Kier molecular flexibility index (Phi) is 5.79. The topological polar surface area (TPSA) is 35.5 Å². The van der Waals surface area contributed by atoms with Gasteiger partial charge in [0.15, 0.2) is 5.78 Å². The molecule has 0 spiro atoms. The molecule has 0 aliphatic carbocycles. The lowest BCUT2D eigenvalue weighted by Gasteiger charge is -2.11. The summed E-state index contributed by atoms with van der Waals surface area (Å²) in [4.78, 5) is 12.7. The summed E-state index contributed by atoms with van der Waals surface area (Å²) in [5, 5.41) is 0.513. The van der Waals surface area contributed by atoms with Gasteiger partial charge < -0.3 is 9.47 Å². The number of carbonyl (C=O) groups excluding carboxylic acids is 1. The molecule has 0 aliphatic rings. The zero-order valence-corrected chi connectivity index (χ0v) is 13.8. The molecular formula is C16H14BrClO3. The molecule has 0 saturated heterocycles. The third kappa shape index (κ3) is 4.06. The van der Waals surface area contributed by atoms with Crippen LogP contribution in [0.2, 0.25) is 5.02 Å². The van der Waals surface area contributed by atoms with E-state index < -0.39 is 0 Å². The van der Waals surface area contributed by atoms with E-state index in [1.165, 1.54) is 0 Å². The lowest BCUT2D eigenvalue weighted by Crippen LogP contribution is -2.09. The fourth-order valence-corrected chi connectivity index (χ4v) is 2.43. The van der Waals surface area contributed by atoms with Crippen LogP contribution in [-0.2, 0) is 4.74 Å². The molecule has 0 unspecified atom stereocenters. The first-order valence-electron chi connectivity index (χ1n) is 6.34. The molecule has 0 aliphatic heterocycles. The summed E-state index contributed by atoms with van der Waals surface area (Å²) < 4.78 is 11.2. The minimum atomic E-state index is -0.141. The molecule has 2 rings (SSSR count). The van der Waals surface area contributed by atoms with Crippen LogP contribution >= 0.6 is 27.5 Å². The third-order valence-electron chi connectivity index (χ3n) is 2.85. The lowest BCUT2D eigenvalue weighted by atomic mass is 10.0. The van der Waals surface area contributed by atoms with Gasteiger partial charge in [-0.1, -0.05) is 39.7 Å². The van der Waals surface area contributed by atoms with Gasteiger partial charge in [0.1, 0.15) is 12.4 Å². The number of hydrogen-bond acceptors (Lipinski definition) is 3. The molecule has 0 bridgehead atoms. The third-order valence-corrected chi connectivity index (χ3v) is 3.78. The quantitative estimate of drug-likeness (QED) is 0.560. The molecule has 0 amide bonds. The van der Waals surface area contributed by atoms with Gasteiger partial charge >= 0.3 is 0 Å². The summed E-state index contributed by atoms with van der Waals surface area (Å²) >= 11 is 9.35. The Hall–Kier alpha value is -1.36. The Morgan fingerprint density at radius 1 is 1.14 bits per heavy atom. The minimum absolute atomic E-state index is 0.141. The minimum Gasteiger partial charge on any atom is -0.490 e. The van der Waals surface area contributed by atoms with Gasteiger partial charge in [-0.2, -0.15) is 0 Å². The first-order chi connectivity index (χ1) is 10.1. The van der Waals surface area contributed by atoms with E-state index in [-0.39, 0.29) is 5.78 Å². The van der Waals surface area contributed by atoms with E-state index >= 15 is 0 Å². The van der Waals surface area contributed by atoms with Crippen molar-refractivity contribution < 1.29 is 14.3 Å². The van der Waals surface area contributed by atoms with Gasteiger partial charge in [0.2, 0.25) is 0 Å². The van der Waals surface area contributed by atoms with Gasteiger partial charge in [-0.3, -0.25) is 4.79 Å². The molecule has 0 atom stereocenters. The normalized spacial score (nSPS) is 10.4. The number of ketones is 1. The van der Waals surface area contributed by atoms with Crippen molar-refractivity contribution in [2.24, 2.45) is 0 Å². The predicted molar refractivity (Wildman–Crippen MR) is 86.4 cm³/mol. The number of methoxy groups -OCH3 is 1. The molecule has 0 saturated carbocycles. The zero-order valence-electron chi connectivity index (χ0n) is 11.4. The second kappa shape index (κ2) is 7.59. The molecule has 0 heterocycles. The van der Waals surface area contributed by atoms with E-state index in [1.807, 2.05) is 6.07 Å². The van der Waals surface area contributed by atoms with Gasteiger partial charge in [-0.25, -0.2) is 0 Å². The number of ether oxygens (including phenoxy) is 2. The van der Waals surface area contributed by atoms with Crippen LogP contribution in [-0.4, -0.2) is 26.1 Å². The molecule has 3 nitrogen and oxygen atoms in total. The Balaban J connectivity index is 2.32. The van der Waals surface area contributed by atoms with Crippen LogP contribution in [0.25, 0.3) is 0 Å². The number of halogens is 2. The van der Waals surface area contributed by atoms with Crippen molar-refractivity contribution in [2.45, 2.75) is 0 Å². The number of carbonyl (C=O) groups is 1. The molecule has 0 radical (unpaired) electrons. The number of para-hydroxylation sites is 1. The molecule has 0 aromatic heterocycles. The van der Waals surface area contributed by atoms with E-state index in [9.17, 15) is 4.79 Å². The number of rotatable bonds is 6. The van der Waals surface area contributed by atoms with E-state index in [1.54, 1.807) is 43.5 Å². The van der Waals surface area contributed by atoms with Crippen LogP contribution in [0.3, 0.4) is 0 Å². The van der Waals surface area contributed by atoms with Crippen molar-refractivity contribution >= 4 is 33.3 Å². The molecule has 2 aromatic rings. The summed E-state index contributed by atoms with van der Waals surface area (Å²) in [7, 11) is 1.60. The van der Waals surface area contributed by atoms with Crippen molar-refractivity contribution in [1.29, 1.82) is 0 Å². The van der Waals surface area contributed by atoms with Crippen molar-refractivity contribution in [1.82, 2.24) is 0 Å². The summed E-state index contributed by atoms with van der Waals surface area (Å²) in [6.45, 7) is 0.848. The maximum atomic E-state index is 12.7. The van der Waals surface area contributed by atoms with Crippen molar-refractivity contribution in [3.8, 4) is 5.75 Å². The van der Waals surface area contributed by atoms with Crippen molar-refractivity contribution in [2.75, 3.05) is 20.3 Å². The Labute approximate surface area is 137 Å². The fourth-order valence-electron chi connectivity index (χ4n) is 1.83. The van der Waals surface area contributed by atoms with Gasteiger partial charge in [-0.05, 0) is 30.3 Å². The highest BCUT2D eigenvalue weighted by atomic mass is 79.9. The molecule has 5 heteroatoms. The summed E-state index contributed by atoms with van der Waals surface area (Å²) in [5.41, 5.74) is 1.00. The predicted octanol–water partition coefficient (Wildman–Crippen LogP) is 4.36. The SMILES string of the molecule is COCCOc1ccccc1C(=O)c1cc(Cl)ccc1Br. The maximum absolute atomic E-state index is 12.7. The highest BCUT2D eigenvalue weighted by molar-refractivity contribution is 9.10. The van der Waals surface area contributed by atoms with Gasteiger partial charge in [0.25, 0.3) is 0 Å². The van der Waals surface area contributed by atoms with Crippen LogP contribution in [0.15, 0.2) is 46.9 Å². The first kappa shape index (κ1) is 16.0. The Morgan fingerprint density at radius 3 is 2.67 bits per heavy atom. The largest absolute Gasteiger partial charge is 0.490 e. The number of hydrogen-bond donors (Lipinski definition) is 0. The van der Waals surface area contributed by atoms with Crippen LogP contribution < -0.4 is 4.74 Å². The summed E-state index contributed by atoms with van der Waals surface area (Å²) in [6.07, 6.45) is 0. The highest BCUT2D eigenvalue weighted by Gasteiger charge is 2.17. The summed E-state index contributed by atoms with van der Waals surface area (Å²) in [5.74, 6) is 0.392. The smallest absolute Gasteiger partial charge is 0.197 e. The van der Waals surface area contributed by atoms with Gasteiger partial charge in [0.05, 0.1) is 12.2 Å². The van der Waals surface area contributed by atoms with E-state index in [0.717, 1.165) is 0 Å². The Morgan fingerprint density at radius 2 is 1.90 bits per heavy atom. The van der Waals surface area contributed by atoms with Gasteiger partial charge in [-0.15, -0.1) is 0 Å².